The van der Waals surface area contributed by atoms with Gasteiger partial charge in [0.25, 0.3) is 0 Å². The third-order valence-corrected chi connectivity index (χ3v) is 3.66. The first kappa shape index (κ1) is 14.0. The zero-order valence-corrected chi connectivity index (χ0v) is 11.7. The number of halogens is 3. The van der Waals surface area contributed by atoms with Crippen molar-refractivity contribution in [2.45, 2.75) is 26.7 Å². The van der Waals surface area contributed by atoms with Crippen LogP contribution in [-0.2, 0) is 12.8 Å². The van der Waals surface area contributed by atoms with Crippen LogP contribution in [0, 0.1) is 11.6 Å². The molecule has 0 unspecified atom stereocenters. The Morgan fingerprint density at radius 1 is 0.947 bits per heavy atom. The van der Waals surface area contributed by atoms with Crippen LogP contribution in [0.3, 0.4) is 0 Å². The van der Waals surface area contributed by atoms with Gasteiger partial charge in [0.1, 0.15) is 11.6 Å². The van der Waals surface area contributed by atoms with E-state index in [1.54, 1.807) is 24.3 Å². The number of benzene rings is 2. The summed E-state index contributed by atoms with van der Waals surface area (Å²) < 4.78 is 27.7. The van der Waals surface area contributed by atoms with Crippen LogP contribution in [0.4, 0.5) is 8.78 Å². The van der Waals surface area contributed by atoms with Crippen LogP contribution in [-0.4, -0.2) is 0 Å². The highest BCUT2D eigenvalue weighted by atomic mass is 35.5. The lowest BCUT2D eigenvalue weighted by Crippen LogP contribution is -1.93. The second-order valence-electron chi connectivity index (χ2n) is 4.41. The molecule has 0 fully saturated rings. The van der Waals surface area contributed by atoms with Gasteiger partial charge in [-0.1, -0.05) is 49.7 Å². The summed E-state index contributed by atoms with van der Waals surface area (Å²) in [6.07, 6.45) is 1.21. The molecule has 2 aromatic carbocycles. The SMILES string of the molecule is CCc1ccc(-c2ccc(CC)c(F)c2Cl)cc1F. The lowest BCUT2D eigenvalue weighted by molar-refractivity contribution is 0.610. The van der Waals surface area contributed by atoms with E-state index in [4.69, 9.17) is 11.6 Å². The van der Waals surface area contributed by atoms with Crippen molar-refractivity contribution in [3.8, 4) is 11.1 Å². The summed E-state index contributed by atoms with van der Waals surface area (Å²) in [5.74, 6) is -0.697. The van der Waals surface area contributed by atoms with Gasteiger partial charge < -0.3 is 0 Å². The molecule has 0 spiro atoms. The lowest BCUT2D eigenvalue weighted by Gasteiger charge is -2.10. The molecule has 0 saturated carbocycles. The van der Waals surface area contributed by atoms with Crippen LogP contribution in [0.2, 0.25) is 5.02 Å². The smallest absolute Gasteiger partial charge is 0.145 e. The van der Waals surface area contributed by atoms with Crippen LogP contribution in [0.1, 0.15) is 25.0 Å². The molecule has 2 aromatic rings. The van der Waals surface area contributed by atoms with Crippen molar-refractivity contribution in [1.29, 1.82) is 0 Å². The van der Waals surface area contributed by atoms with Crippen molar-refractivity contribution in [2.75, 3.05) is 0 Å². The van der Waals surface area contributed by atoms with Crippen LogP contribution >= 0.6 is 11.6 Å². The fourth-order valence-electron chi connectivity index (χ4n) is 2.09. The molecular weight excluding hydrogens is 266 g/mol. The van der Waals surface area contributed by atoms with Gasteiger partial charge in [-0.15, -0.1) is 0 Å². The second kappa shape index (κ2) is 5.70. The van der Waals surface area contributed by atoms with Gasteiger partial charge in [0.05, 0.1) is 5.02 Å². The highest BCUT2D eigenvalue weighted by Crippen LogP contribution is 2.32. The molecule has 100 valence electrons. The van der Waals surface area contributed by atoms with Gasteiger partial charge in [-0.3, -0.25) is 0 Å². The second-order valence-corrected chi connectivity index (χ2v) is 4.79. The Balaban J connectivity index is 2.53. The van der Waals surface area contributed by atoms with Crippen molar-refractivity contribution in [1.82, 2.24) is 0 Å². The highest BCUT2D eigenvalue weighted by molar-refractivity contribution is 6.33. The molecule has 0 heterocycles. The van der Waals surface area contributed by atoms with Crippen LogP contribution in [0.5, 0.6) is 0 Å². The molecule has 0 aromatic heterocycles. The van der Waals surface area contributed by atoms with E-state index in [1.165, 1.54) is 6.07 Å². The molecule has 0 N–H and O–H groups in total. The molecule has 2 rings (SSSR count). The molecular formula is C16H15ClF2. The van der Waals surface area contributed by atoms with E-state index in [0.29, 0.717) is 35.1 Å². The zero-order valence-electron chi connectivity index (χ0n) is 10.9. The summed E-state index contributed by atoms with van der Waals surface area (Å²) >= 11 is 6.04. The molecule has 3 heteroatoms. The maximum absolute atomic E-state index is 14.0. The molecule has 0 aliphatic rings. The highest BCUT2D eigenvalue weighted by Gasteiger charge is 2.13. The van der Waals surface area contributed by atoms with Gasteiger partial charge >= 0.3 is 0 Å². The van der Waals surface area contributed by atoms with Gasteiger partial charge in [0.2, 0.25) is 0 Å². The number of rotatable bonds is 3. The minimum absolute atomic E-state index is 0.0583. The molecule has 0 bridgehead atoms. The van der Waals surface area contributed by atoms with Gasteiger partial charge in [0, 0.05) is 5.56 Å². The minimum Gasteiger partial charge on any atom is -0.207 e. The fraction of sp³-hybridized carbons (Fsp3) is 0.250. The van der Waals surface area contributed by atoms with E-state index >= 15 is 0 Å². The monoisotopic (exact) mass is 280 g/mol. The zero-order chi connectivity index (χ0) is 14.0. The summed E-state index contributed by atoms with van der Waals surface area (Å²) in [5.41, 5.74) is 2.34. The largest absolute Gasteiger partial charge is 0.207 e. The Kier molecular flexibility index (Phi) is 4.20. The van der Waals surface area contributed by atoms with E-state index < -0.39 is 5.82 Å². The van der Waals surface area contributed by atoms with E-state index in [2.05, 4.69) is 0 Å². The first-order chi connectivity index (χ1) is 9.08. The summed E-state index contributed by atoms with van der Waals surface area (Å²) in [4.78, 5) is 0. The summed E-state index contributed by atoms with van der Waals surface area (Å²) in [7, 11) is 0. The molecule has 0 radical (unpaired) electrons. The quantitative estimate of drug-likeness (QED) is 0.705. The number of hydrogen-bond acceptors (Lipinski definition) is 0. The summed E-state index contributed by atoms with van der Waals surface area (Å²) in [5, 5.41) is 0.0583. The first-order valence-electron chi connectivity index (χ1n) is 6.34. The van der Waals surface area contributed by atoms with E-state index in [-0.39, 0.29) is 10.8 Å². The maximum Gasteiger partial charge on any atom is 0.145 e. The maximum atomic E-state index is 14.0. The molecule has 0 aliphatic heterocycles. The average Bonchev–Trinajstić information content (AvgIpc) is 2.41. The van der Waals surface area contributed by atoms with Crippen LogP contribution in [0.25, 0.3) is 11.1 Å². The normalized spacial score (nSPS) is 10.8. The molecule has 0 atom stereocenters. The van der Waals surface area contributed by atoms with Gasteiger partial charge in [-0.25, -0.2) is 8.78 Å². The van der Waals surface area contributed by atoms with E-state index in [1.807, 2.05) is 13.8 Å². The van der Waals surface area contributed by atoms with Gasteiger partial charge in [0.15, 0.2) is 0 Å². The number of hydrogen-bond donors (Lipinski definition) is 0. The van der Waals surface area contributed by atoms with Crippen LogP contribution < -0.4 is 0 Å². The van der Waals surface area contributed by atoms with Crippen molar-refractivity contribution in [2.24, 2.45) is 0 Å². The van der Waals surface area contributed by atoms with Crippen molar-refractivity contribution < 1.29 is 8.78 Å². The average molecular weight is 281 g/mol. The topological polar surface area (TPSA) is 0 Å². The van der Waals surface area contributed by atoms with Gasteiger partial charge in [-0.2, -0.15) is 0 Å². The van der Waals surface area contributed by atoms with E-state index in [0.717, 1.165) is 0 Å². The van der Waals surface area contributed by atoms with Crippen molar-refractivity contribution >= 4 is 11.6 Å². The minimum atomic E-state index is -0.415. The standard InChI is InChI=1S/C16H15ClF2/c1-3-10-5-6-12(9-14(10)18)13-8-7-11(4-2)16(19)15(13)17/h5-9H,3-4H2,1-2H3. The Hall–Kier alpha value is -1.41. The van der Waals surface area contributed by atoms with Gasteiger partial charge in [-0.05, 0) is 35.6 Å². The Morgan fingerprint density at radius 2 is 1.58 bits per heavy atom. The summed E-state index contributed by atoms with van der Waals surface area (Å²) in [6.45, 7) is 3.75. The van der Waals surface area contributed by atoms with Crippen molar-refractivity contribution in [3.63, 3.8) is 0 Å². The molecule has 0 aliphatic carbocycles. The third-order valence-electron chi connectivity index (χ3n) is 3.29. The summed E-state index contributed by atoms with van der Waals surface area (Å²) in [6, 6.07) is 8.33. The third kappa shape index (κ3) is 2.64. The van der Waals surface area contributed by atoms with E-state index in [9.17, 15) is 8.78 Å². The Morgan fingerprint density at radius 3 is 2.16 bits per heavy atom. The Bertz CT molecular complexity index is 606. The predicted molar refractivity (Wildman–Crippen MR) is 75.6 cm³/mol. The molecule has 19 heavy (non-hydrogen) atoms. The number of aryl methyl sites for hydroxylation is 2. The fourth-order valence-corrected chi connectivity index (χ4v) is 2.38. The molecule has 0 saturated heterocycles. The lowest BCUT2D eigenvalue weighted by atomic mass is 10.00. The van der Waals surface area contributed by atoms with Crippen molar-refractivity contribution in [3.05, 3.63) is 58.1 Å². The predicted octanol–water partition coefficient (Wildman–Crippen LogP) is 5.41. The first-order valence-corrected chi connectivity index (χ1v) is 6.71. The molecule has 0 amide bonds. The Labute approximate surface area is 117 Å². The molecule has 0 nitrogen and oxygen atoms in total. The van der Waals surface area contributed by atoms with Crippen LogP contribution in [0.15, 0.2) is 30.3 Å².